The monoisotopic (exact) mass is 221 g/mol. The first-order valence-electron chi connectivity index (χ1n) is 4.96. The van der Waals surface area contributed by atoms with E-state index in [1.807, 2.05) is 13.8 Å². The molecule has 0 aliphatic heterocycles. The number of hydrogen-bond acceptors (Lipinski definition) is 3. The topological polar surface area (TPSA) is 66.4 Å². The van der Waals surface area contributed by atoms with E-state index in [1.54, 1.807) is 6.92 Å². The molecule has 0 saturated heterocycles. The highest BCUT2D eigenvalue weighted by Crippen LogP contribution is 2.27. The Labute approximate surface area is 85.8 Å². The highest BCUT2D eigenvalue weighted by molar-refractivity contribution is 7.90. The molecule has 0 radical (unpaired) electrons. The highest BCUT2D eigenvalue weighted by Gasteiger charge is 2.37. The Kier molecular flexibility index (Phi) is 3.23. The summed E-state index contributed by atoms with van der Waals surface area (Å²) in [6.07, 6.45) is 1.50. The van der Waals surface area contributed by atoms with Gasteiger partial charge in [-0.3, -0.25) is 0 Å². The second-order valence-electron chi connectivity index (χ2n) is 4.58. The van der Waals surface area contributed by atoms with Gasteiger partial charge in [-0.1, -0.05) is 13.8 Å². The summed E-state index contributed by atoms with van der Waals surface area (Å²) < 4.78 is 25.3. The van der Waals surface area contributed by atoms with Crippen molar-refractivity contribution < 1.29 is 13.5 Å². The van der Waals surface area contributed by atoms with Crippen molar-refractivity contribution in [2.45, 2.75) is 44.5 Å². The molecule has 0 spiro atoms. The third-order valence-corrected chi connectivity index (χ3v) is 4.73. The zero-order valence-electron chi connectivity index (χ0n) is 8.95. The molecule has 1 aliphatic rings. The lowest BCUT2D eigenvalue weighted by Crippen LogP contribution is -2.45. The van der Waals surface area contributed by atoms with E-state index >= 15 is 0 Å². The van der Waals surface area contributed by atoms with Gasteiger partial charge in [-0.2, -0.15) is 0 Å². The predicted octanol–water partition coefficient (Wildman–Crippen LogP) is 0.475. The molecule has 0 aromatic carbocycles. The summed E-state index contributed by atoms with van der Waals surface area (Å²) in [5, 5.41) is 9.61. The Morgan fingerprint density at radius 1 is 1.50 bits per heavy atom. The van der Waals surface area contributed by atoms with Gasteiger partial charge in [0.25, 0.3) is 0 Å². The van der Waals surface area contributed by atoms with Crippen LogP contribution in [0.2, 0.25) is 0 Å². The van der Waals surface area contributed by atoms with Crippen LogP contribution < -0.4 is 4.72 Å². The minimum Gasteiger partial charge on any atom is -0.389 e. The molecular weight excluding hydrogens is 202 g/mol. The van der Waals surface area contributed by atoms with Gasteiger partial charge in [0.05, 0.1) is 10.9 Å². The molecule has 0 amide bonds. The lowest BCUT2D eigenvalue weighted by molar-refractivity contribution is 0.0190. The van der Waals surface area contributed by atoms with Crippen molar-refractivity contribution in [1.82, 2.24) is 4.72 Å². The molecule has 0 aromatic rings. The zero-order valence-corrected chi connectivity index (χ0v) is 9.76. The van der Waals surface area contributed by atoms with E-state index in [0.29, 0.717) is 0 Å². The van der Waals surface area contributed by atoms with Crippen LogP contribution in [0.5, 0.6) is 0 Å². The third-order valence-electron chi connectivity index (χ3n) is 2.84. The molecule has 0 heterocycles. The van der Waals surface area contributed by atoms with Gasteiger partial charge in [-0.05, 0) is 25.7 Å². The molecule has 1 aliphatic carbocycles. The Morgan fingerprint density at radius 3 is 2.36 bits per heavy atom. The van der Waals surface area contributed by atoms with Crippen molar-refractivity contribution in [3.05, 3.63) is 0 Å². The van der Waals surface area contributed by atoms with Crippen LogP contribution >= 0.6 is 0 Å². The third kappa shape index (κ3) is 2.93. The van der Waals surface area contributed by atoms with Gasteiger partial charge in [-0.25, -0.2) is 13.1 Å². The van der Waals surface area contributed by atoms with Crippen molar-refractivity contribution in [2.24, 2.45) is 5.92 Å². The van der Waals surface area contributed by atoms with Gasteiger partial charge in [0.1, 0.15) is 0 Å². The van der Waals surface area contributed by atoms with E-state index in [-0.39, 0.29) is 17.7 Å². The summed E-state index contributed by atoms with van der Waals surface area (Å²) in [7, 11) is -3.16. The number of hydrogen-bond donors (Lipinski definition) is 2. The first-order chi connectivity index (χ1) is 6.26. The van der Waals surface area contributed by atoms with Crippen LogP contribution in [0, 0.1) is 5.92 Å². The van der Waals surface area contributed by atoms with E-state index < -0.39 is 15.6 Å². The van der Waals surface area contributed by atoms with E-state index in [2.05, 4.69) is 4.72 Å². The molecule has 5 heteroatoms. The molecule has 1 saturated carbocycles. The Hall–Kier alpha value is -0.130. The normalized spacial score (nSPS) is 22.4. The number of aliphatic hydroxyl groups is 1. The van der Waals surface area contributed by atoms with Gasteiger partial charge in [0, 0.05) is 6.54 Å². The number of nitrogens with one attached hydrogen (secondary N) is 1. The van der Waals surface area contributed by atoms with E-state index in [0.717, 1.165) is 12.8 Å². The lowest BCUT2D eigenvalue weighted by atomic mass is 9.93. The van der Waals surface area contributed by atoms with E-state index in [4.69, 9.17) is 0 Å². The summed E-state index contributed by atoms with van der Waals surface area (Å²) in [6, 6.07) is 0. The molecule has 1 fully saturated rings. The molecule has 0 aromatic heterocycles. The Bertz CT molecular complexity index is 291. The van der Waals surface area contributed by atoms with E-state index in [9.17, 15) is 13.5 Å². The molecule has 4 nitrogen and oxygen atoms in total. The van der Waals surface area contributed by atoms with Crippen LogP contribution in [0.15, 0.2) is 0 Å². The van der Waals surface area contributed by atoms with Crippen LogP contribution in [-0.4, -0.2) is 30.9 Å². The molecule has 1 rings (SSSR count). The van der Waals surface area contributed by atoms with Gasteiger partial charge in [0.2, 0.25) is 10.0 Å². The van der Waals surface area contributed by atoms with Crippen LogP contribution in [0.1, 0.15) is 33.6 Å². The van der Waals surface area contributed by atoms with Crippen molar-refractivity contribution in [3.63, 3.8) is 0 Å². The molecule has 2 N–H and O–H groups in total. The number of rotatable bonds is 5. The first kappa shape index (κ1) is 11.9. The van der Waals surface area contributed by atoms with Crippen molar-refractivity contribution in [3.8, 4) is 0 Å². The minimum atomic E-state index is -3.16. The number of sulfonamides is 1. The predicted molar refractivity (Wildman–Crippen MR) is 55.4 cm³/mol. The summed E-state index contributed by atoms with van der Waals surface area (Å²) >= 11 is 0. The summed E-state index contributed by atoms with van der Waals surface area (Å²) in [5.41, 5.74) is -0.970. The average molecular weight is 221 g/mol. The second kappa shape index (κ2) is 3.79. The summed E-state index contributed by atoms with van der Waals surface area (Å²) in [5.74, 6) is 0.0319. The van der Waals surface area contributed by atoms with Crippen molar-refractivity contribution in [1.29, 1.82) is 0 Å². The fourth-order valence-corrected chi connectivity index (χ4v) is 2.43. The second-order valence-corrected chi connectivity index (χ2v) is 6.62. The van der Waals surface area contributed by atoms with Crippen LogP contribution in [-0.2, 0) is 10.0 Å². The summed E-state index contributed by atoms with van der Waals surface area (Å²) in [6.45, 7) is 5.48. The molecule has 0 unspecified atom stereocenters. The largest absolute Gasteiger partial charge is 0.389 e. The minimum absolute atomic E-state index is 0.0319. The summed E-state index contributed by atoms with van der Waals surface area (Å²) in [4.78, 5) is 0. The highest BCUT2D eigenvalue weighted by atomic mass is 32.2. The zero-order chi connectivity index (χ0) is 11.0. The fourth-order valence-electron chi connectivity index (χ4n) is 0.947. The van der Waals surface area contributed by atoms with E-state index in [1.165, 1.54) is 0 Å². The van der Waals surface area contributed by atoms with Gasteiger partial charge in [0.15, 0.2) is 0 Å². The fraction of sp³-hybridized carbons (Fsp3) is 1.00. The quantitative estimate of drug-likeness (QED) is 0.709. The van der Waals surface area contributed by atoms with Gasteiger partial charge in [-0.15, -0.1) is 0 Å². The van der Waals surface area contributed by atoms with Crippen LogP contribution in [0.4, 0.5) is 0 Å². The van der Waals surface area contributed by atoms with Crippen LogP contribution in [0.3, 0.4) is 0 Å². The van der Waals surface area contributed by atoms with Gasteiger partial charge >= 0.3 is 0 Å². The van der Waals surface area contributed by atoms with Crippen molar-refractivity contribution >= 4 is 10.0 Å². The molecule has 14 heavy (non-hydrogen) atoms. The maximum Gasteiger partial charge on any atom is 0.214 e. The first-order valence-corrected chi connectivity index (χ1v) is 6.51. The maximum absolute atomic E-state index is 11.4. The smallest absolute Gasteiger partial charge is 0.214 e. The molecule has 0 bridgehead atoms. The molecule has 84 valence electrons. The molecular formula is C9H19NO3S. The SMILES string of the molecule is CC(C)[C@@](C)(O)CNS(=O)(=O)C1CC1. The standard InChI is InChI=1S/C9H19NO3S/c1-7(2)9(3,11)6-10-14(12,13)8-4-5-8/h7-8,10-11H,4-6H2,1-3H3/t9-/m0/s1. The molecule has 1 atom stereocenters. The van der Waals surface area contributed by atoms with Gasteiger partial charge < -0.3 is 5.11 Å². The Balaban J connectivity index is 2.47. The van der Waals surface area contributed by atoms with Crippen LogP contribution in [0.25, 0.3) is 0 Å². The maximum atomic E-state index is 11.4. The average Bonchev–Trinajstić information content (AvgIpc) is 2.83. The lowest BCUT2D eigenvalue weighted by Gasteiger charge is -2.27. The van der Waals surface area contributed by atoms with Crippen molar-refractivity contribution in [2.75, 3.05) is 6.54 Å². The Morgan fingerprint density at radius 2 is 2.00 bits per heavy atom.